The first-order valence-corrected chi connectivity index (χ1v) is 20.5. The van der Waals surface area contributed by atoms with Gasteiger partial charge in [-0.1, -0.05) is 152 Å². The van der Waals surface area contributed by atoms with E-state index in [1.807, 2.05) is 23.6 Å². The summed E-state index contributed by atoms with van der Waals surface area (Å²) in [5.74, 6) is 0.672. The van der Waals surface area contributed by atoms with E-state index in [0.717, 1.165) is 39.2 Å². The molecule has 0 N–H and O–H groups in total. The molecule has 0 aliphatic heterocycles. The van der Waals surface area contributed by atoms with Crippen molar-refractivity contribution in [1.29, 1.82) is 0 Å². The molecule has 0 aliphatic carbocycles. The molecule has 59 heavy (non-hydrogen) atoms. The molecule has 0 atom stereocenters. The minimum Gasteiger partial charge on any atom is -0.264 e. The van der Waals surface area contributed by atoms with Crippen molar-refractivity contribution in [3.63, 3.8) is 0 Å². The smallest absolute Gasteiger partial charge is 0.161 e. The predicted octanol–water partition coefficient (Wildman–Crippen LogP) is 15.4. The third-order valence-electron chi connectivity index (χ3n) is 11.0. The van der Waals surface area contributed by atoms with Gasteiger partial charge in [-0.25, -0.2) is 9.97 Å². The number of benzene rings is 8. The highest BCUT2D eigenvalue weighted by atomic mass is 32.1. The molecule has 278 valence electrons. The molecule has 11 rings (SSSR count). The first-order chi connectivity index (χ1) is 29.2. The second-order valence-electron chi connectivity index (χ2n) is 14.4. The zero-order chi connectivity index (χ0) is 39.7. The maximum Gasteiger partial charge on any atom is 0.161 e. The van der Waals surface area contributed by atoms with Gasteiger partial charge in [0.2, 0.25) is 0 Å². The van der Waals surface area contributed by atoms with E-state index in [0.29, 0.717) is 5.82 Å². The summed E-state index contributed by atoms with van der Waals surface area (Å²) in [6.45, 7) is 6.00. The van der Waals surface area contributed by atoms with Crippen molar-refractivity contribution in [3.05, 3.63) is 214 Å². The molecule has 3 aromatic heterocycles. The molecule has 0 amide bonds. The summed E-state index contributed by atoms with van der Waals surface area (Å²) in [7, 11) is 0. The van der Waals surface area contributed by atoms with Gasteiger partial charge in [0, 0.05) is 54.8 Å². The molecular formula is C55H37N3S. The molecule has 0 bridgehead atoms. The van der Waals surface area contributed by atoms with Crippen molar-refractivity contribution < 1.29 is 0 Å². The SMILES string of the molecule is C=C.c1cncc(-c2ccccc2-c2nc(-c3ccc(-c4ccc5sc6ccccc6c5c4)cc3)cc(-c3ccc(-c4cc5ccccc5c5ccccc45)cc3)n2)c1. The molecule has 0 saturated carbocycles. The number of hydrogen-bond acceptors (Lipinski definition) is 4. The second-order valence-corrected chi connectivity index (χ2v) is 15.5. The summed E-state index contributed by atoms with van der Waals surface area (Å²) in [6, 6.07) is 67.2. The van der Waals surface area contributed by atoms with E-state index < -0.39 is 0 Å². The summed E-state index contributed by atoms with van der Waals surface area (Å²) >= 11 is 1.85. The Balaban J connectivity index is 0.00000207. The first-order valence-electron chi connectivity index (χ1n) is 19.7. The lowest BCUT2D eigenvalue weighted by atomic mass is 9.92. The monoisotopic (exact) mass is 771 g/mol. The Morgan fingerprint density at radius 2 is 0.932 bits per heavy atom. The number of hydrogen-bond donors (Lipinski definition) is 0. The van der Waals surface area contributed by atoms with Gasteiger partial charge < -0.3 is 0 Å². The van der Waals surface area contributed by atoms with Crippen LogP contribution in [0.15, 0.2) is 214 Å². The fourth-order valence-electron chi connectivity index (χ4n) is 8.17. The van der Waals surface area contributed by atoms with Crippen LogP contribution >= 0.6 is 11.3 Å². The van der Waals surface area contributed by atoms with E-state index in [9.17, 15) is 0 Å². The second kappa shape index (κ2) is 15.4. The van der Waals surface area contributed by atoms with Crippen LogP contribution < -0.4 is 0 Å². The van der Waals surface area contributed by atoms with E-state index in [2.05, 4.69) is 200 Å². The van der Waals surface area contributed by atoms with Crippen molar-refractivity contribution in [1.82, 2.24) is 15.0 Å². The Kier molecular flexibility index (Phi) is 9.38. The molecule has 11 aromatic rings. The number of fused-ring (bicyclic) bond motifs is 6. The van der Waals surface area contributed by atoms with Crippen LogP contribution in [0, 0.1) is 0 Å². The predicted molar refractivity (Wildman–Crippen MR) is 252 cm³/mol. The van der Waals surface area contributed by atoms with E-state index in [-0.39, 0.29) is 0 Å². The Hall–Kier alpha value is -7.53. The molecule has 0 aliphatic rings. The van der Waals surface area contributed by atoms with Crippen molar-refractivity contribution in [2.45, 2.75) is 0 Å². The van der Waals surface area contributed by atoms with Crippen LogP contribution in [0.1, 0.15) is 0 Å². The van der Waals surface area contributed by atoms with Gasteiger partial charge in [0.25, 0.3) is 0 Å². The van der Waals surface area contributed by atoms with Crippen LogP contribution in [0.2, 0.25) is 0 Å². The zero-order valence-electron chi connectivity index (χ0n) is 32.2. The van der Waals surface area contributed by atoms with E-state index in [1.165, 1.54) is 64.0 Å². The summed E-state index contributed by atoms with van der Waals surface area (Å²) in [5.41, 5.74) is 11.6. The molecular weight excluding hydrogens is 735 g/mol. The van der Waals surface area contributed by atoms with Crippen LogP contribution in [0.25, 0.3) is 109 Å². The maximum atomic E-state index is 5.26. The van der Waals surface area contributed by atoms with Gasteiger partial charge in [0.1, 0.15) is 0 Å². The Morgan fingerprint density at radius 3 is 1.66 bits per heavy atom. The van der Waals surface area contributed by atoms with Gasteiger partial charge in [0.05, 0.1) is 11.4 Å². The Labute approximate surface area is 347 Å². The van der Waals surface area contributed by atoms with Gasteiger partial charge in [0.15, 0.2) is 5.82 Å². The van der Waals surface area contributed by atoms with Crippen LogP contribution in [0.5, 0.6) is 0 Å². The molecule has 0 spiro atoms. The number of nitrogens with zero attached hydrogens (tertiary/aromatic N) is 3. The van der Waals surface area contributed by atoms with Crippen molar-refractivity contribution >= 4 is 53.1 Å². The Bertz CT molecular complexity index is 3290. The van der Waals surface area contributed by atoms with Gasteiger partial charge in [-0.05, 0) is 85.8 Å². The Morgan fingerprint density at radius 1 is 0.356 bits per heavy atom. The first kappa shape index (κ1) is 35.9. The molecule has 8 aromatic carbocycles. The van der Waals surface area contributed by atoms with Crippen molar-refractivity contribution in [3.8, 4) is 67.3 Å². The summed E-state index contributed by atoms with van der Waals surface area (Å²) in [6.07, 6.45) is 3.70. The van der Waals surface area contributed by atoms with Gasteiger partial charge in [-0.2, -0.15) is 0 Å². The normalized spacial score (nSPS) is 11.2. The van der Waals surface area contributed by atoms with Gasteiger partial charge >= 0.3 is 0 Å². The molecule has 4 heteroatoms. The third kappa shape index (κ3) is 6.66. The average molecular weight is 772 g/mol. The molecule has 3 nitrogen and oxygen atoms in total. The number of rotatable bonds is 6. The summed E-state index contributed by atoms with van der Waals surface area (Å²) in [4.78, 5) is 14.9. The lowest BCUT2D eigenvalue weighted by Crippen LogP contribution is -1.97. The minimum absolute atomic E-state index is 0.672. The van der Waals surface area contributed by atoms with Crippen molar-refractivity contribution in [2.24, 2.45) is 0 Å². The highest BCUT2D eigenvalue weighted by molar-refractivity contribution is 7.25. The van der Waals surface area contributed by atoms with Crippen LogP contribution in [-0.4, -0.2) is 15.0 Å². The third-order valence-corrected chi connectivity index (χ3v) is 12.2. The van der Waals surface area contributed by atoms with Crippen LogP contribution in [-0.2, 0) is 0 Å². The zero-order valence-corrected chi connectivity index (χ0v) is 33.0. The molecule has 0 fully saturated rings. The number of pyridine rings is 1. The van der Waals surface area contributed by atoms with Gasteiger partial charge in [-0.3, -0.25) is 4.98 Å². The lowest BCUT2D eigenvalue weighted by molar-refractivity contribution is 1.18. The van der Waals surface area contributed by atoms with E-state index >= 15 is 0 Å². The van der Waals surface area contributed by atoms with Crippen LogP contribution in [0.3, 0.4) is 0 Å². The largest absolute Gasteiger partial charge is 0.264 e. The fraction of sp³-hybridized carbons (Fsp3) is 0. The van der Waals surface area contributed by atoms with E-state index in [4.69, 9.17) is 9.97 Å². The molecule has 3 heterocycles. The highest BCUT2D eigenvalue weighted by Crippen LogP contribution is 2.39. The minimum atomic E-state index is 0.672. The number of thiophene rings is 1. The summed E-state index contributed by atoms with van der Waals surface area (Å²) in [5, 5.41) is 7.62. The molecule has 0 unspecified atom stereocenters. The number of aromatic nitrogens is 3. The fourth-order valence-corrected chi connectivity index (χ4v) is 9.25. The standard InChI is InChI=1S/C53H33N3S.C2H4/c1-2-12-41-39(10-1)31-47(44-15-5-4-14-43(41)44)35-21-25-37(26-22-35)50-32-49(55-53(56-50)46-17-6-3-13-42(46)40-11-9-29-54-33-40)36-23-19-34(20-24-36)38-27-28-52-48(30-38)45-16-7-8-18-51(45)57-52;1-2/h1-33H;1-2H2. The van der Waals surface area contributed by atoms with Crippen LogP contribution in [0.4, 0.5) is 0 Å². The summed E-state index contributed by atoms with van der Waals surface area (Å²) < 4.78 is 2.63. The lowest BCUT2D eigenvalue weighted by Gasteiger charge is -2.14. The van der Waals surface area contributed by atoms with Crippen molar-refractivity contribution in [2.75, 3.05) is 0 Å². The highest BCUT2D eigenvalue weighted by Gasteiger charge is 2.16. The maximum absolute atomic E-state index is 5.26. The van der Waals surface area contributed by atoms with Gasteiger partial charge in [-0.15, -0.1) is 24.5 Å². The average Bonchev–Trinajstić information content (AvgIpc) is 3.70. The topological polar surface area (TPSA) is 38.7 Å². The molecule has 0 saturated heterocycles. The quantitative estimate of drug-likeness (QED) is 0.125. The van der Waals surface area contributed by atoms with E-state index in [1.54, 1.807) is 6.20 Å². The molecule has 0 radical (unpaired) electrons.